The number of aromatic hydroxyl groups is 1. The van der Waals surface area contributed by atoms with Crippen LogP contribution in [0.2, 0.25) is 0 Å². The van der Waals surface area contributed by atoms with Gasteiger partial charge in [-0.2, -0.15) is 0 Å². The number of aryl methyl sites for hydroxylation is 1. The second kappa shape index (κ2) is 13.1. The number of ether oxygens (including phenoxy) is 1. The summed E-state index contributed by atoms with van der Waals surface area (Å²) in [5.41, 5.74) is 9.01. The van der Waals surface area contributed by atoms with Gasteiger partial charge in [-0.25, -0.2) is 0 Å². The van der Waals surface area contributed by atoms with Crippen LogP contribution in [0.3, 0.4) is 0 Å². The normalized spacial score (nSPS) is 24.3. The molecule has 1 unspecified atom stereocenters. The van der Waals surface area contributed by atoms with Crippen molar-refractivity contribution in [3.63, 3.8) is 0 Å². The topological polar surface area (TPSA) is 168 Å². The number of phenols is 1. The maximum absolute atomic E-state index is 13.4. The summed E-state index contributed by atoms with van der Waals surface area (Å²) in [5.74, 6) is 6.64. The van der Waals surface area contributed by atoms with Crippen molar-refractivity contribution in [2.75, 3.05) is 25.4 Å². The molecule has 12 heteroatoms. The number of amides is 4. The summed E-state index contributed by atoms with van der Waals surface area (Å²) in [5, 5.41) is 20.7. The fraction of sp³-hybridized carbons (Fsp3) is 0.436. The van der Waals surface area contributed by atoms with Gasteiger partial charge in [-0.3, -0.25) is 29.4 Å². The van der Waals surface area contributed by atoms with E-state index in [0.717, 1.165) is 81.5 Å². The van der Waals surface area contributed by atoms with Crippen LogP contribution >= 0.6 is 0 Å². The minimum atomic E-state index is -0.985. The van der Waals surface area contributed by atoms with Crippen molar-refractivity contribution in [3.8, 4) is 34.6 Å². The minimum absolute atomic E-state index is 0.0876. The molecule has 2 saturated heterocycles. The third-order valence-corrected chi connectivity index (χ3v) is 11.3. The van der Waals surface area contributed by atoms with Gasteiger partial charge in [0, 0.05) is 37.5 Å². The number of nitrogens with zero attached hydrogens (tertiary/aromatic N) is 4. The molecule has 1 atom stereocenters. The molecule has 1 spiro atoms. The number of phenolic OH excluding ortho intramolecular Hbond substituents is 1. The van der Waals surface area contributed by atoms with E-state index in [9.17, 15) is 24.3 Å². The monoisotopic (exact) mass is 688 g/mol. The molecule has 3 aromatic rings. The molecule has 4 aliphatic heterocycles. The first kappa shape index (κ1) is 32.9. The Kier molecular flexibility index (Phi) is 8.46. The Morgan fingerprint density at radius 2 is 1.65 bits per heavy atom. The fourth-order valence-corrected chi connectivity index (χ4v) is 8.33. The van der Waals surface area contributed by atoms with Gasteiger partial charge in [-0.1, -0.05) is 24.0 Å². The molecule has 1 saturated carbocycles. The Morgan fingerprint density at radius 3 is 2.39 bits per heavy atom. The van der Waals surface area contributed by atoms with Gasteiger partial charge in [0.1, 0.15) is 23.1 Å². The largest absolute Gasteiger partial charge is 0.507 e. The van der Waals surface area contributed by atoms with Crippen LogP contribution in [0.25, 0.3) is 11.3 Å². The van der Waals surface area contributed by atoms with Gasteiger partial charge in [-0.15, -0.1) is 10.2 Å². The van der Waals surface area contributed by atoms with Gasteiger partial charge >= 0.3 is 0 Å². The number of nitrogens with two attached hydrogens (primary N) is 1. The summed E-state index contributed by atoms with van der Waals surface area (Å²) in [7, 11) is 0. The summed E-state index contributed by atoms with van der Waals surface area (Å²) >= 11 is 0. The highest BCUT2D eigenvalue weighted by Gasteiger charge is 2.47. The number of benzene rings is 2. The molecule has 2 aromatic carbocycles. The second-order valence-corrected chi connectivity index (χ2v) is 14.6. The summed E-state index contributed by atoms with van der Waals surface area (Å²) in [6, 6.07) is 11.3. The van der Waals surface area contributed by atoms with Gasteiger partial charge < -0.3 is 20.5 Å². The maximum Gasteiger partial charge on any atom is 0.262 e. The number of rotatable bonds is 4. The van der Waals surface area contributed by atoms with Crippen molar-refractivity contribution < 1.29 is 29.0 Å². The number of carbonyl (C=O) groups excluding carboxylic acids is 4. The molecule has 5 heterocycles. The van der Waals surface area contributed by atoms with Crippen LogP contribution in [0.4, 0.5) is 5.82 Å². The maximum atomic E-state index is 13.4. The number of hydrogen-bond donors (Lipinski definition) is 3. The number of fused-ring (bicyclic) bond motifs is 2. The van der Waals surface area contributed by atoms with Crippen LogP contribution in [0, 0.1) is 23.7 Å². The second-order valence-electron chi connectivity index (χ2n) is 14.6. The van der Waals surface area contributed by atoms with E-state index in [-0.39, 0.29) is 35.6 Å². The zero-order chi connectivity index (χ0) is 35.3. The number of aromatic nitrogens is 2. The van der Waals surface area contributed by atoms with Crippen LogP contribution in [-0.4, -0.2) is 80.0 Å². The highest BCUT2D eigenvalue weighted by Crippen LogP contribution is 2.43. The average molecular weight is 689 g/mol. The first-order valence-electron chi connectivity index (χ1n) is 17.9. The first-order chi connectivity index (χ1) is 24.7. The molecule has 12 nitrogen and oxygen atoms in total. The van der Waals surface area contributed by atoms with E-state index < -0.39 is 29.7 Å². The number of nitrogens with one attached hydrogen (secondary N) is 1. The Labute approximate surface area is 295 Å². The molecule has 5 aliphatic rings. The van der Waals surface area contributed by atoms with Crippen molar-refractivity contribution >= 4 is 29.4 Å². The third-order valence-electron chi connectivity index (χ3n) is 11.3. The highest BCUT2D eigenvalue weighted by atomic mass is 16.5. The van der Waals surface area contributed by atoms with Crippen molar-refractivity contribution in [1.82, 2.24) is 25.3 Å². The van der Waals surface area contributed by atoms with E-state index in [2.05, 4.69) is 32.3 Å². The van der Waals surface area contributed by atoms with Crippen molar-refractivity contribution in [1.29, 1.82) is 0 Å². The number of anilines is 1. The van der Waals surface area contributed by atoms with E-state index >= 15 is 0 Å². The zero-order valence-electron chi connectivity index (χ0n) is 28.3. The molecular formula is C39H40N6O6. The Morgan fingerprint density at radius 1 is 0.902 bits per heavy atom. The smallest absolute Gasteiger partial charge is 0.262 e. The number of piperidine rings is 2. The number of hydrogen-bond acceptors (Lipinski definition) is 10. The summed E-state index contributed by atoms with van der Waals surface area (Å²) in [6.45, 7) is 2.93. The van der Waals surface area contributed by atoms with Gasteiger partial charge in [0.2, 0.25) is 11.8 Å². The quantitative estimate of drug-likeness (QED) is 0.271. The molecule has 262 valence electrons. The molecule has 1 aliphatic carbocycles. The Hall–Kier alpha value is -5.28. The average Bonchev–Trinajstić information content (AvgIpc) is 3.36. The Bertz CT molecular complexity index is 2000. The lowest BCUT2D eigenvalue weighted by molar-refractivity contribution is -0.136. The first-order valence-corrected chi connectivity index (χ1v) is 17.9. The highest BCUT2D eigenvalue weighted by molar-refractivity contribution is 6.23. The van der Waals surface area contributed by atoms with Gasteiger partial charge in [0.15, 0.2) is 5.82 Å². The molecular weight excluding hydrogens is 648 g/mol. The molecule has 1 aromatic heterocycles. The van der Waals surface area contributed by atoms with Crippen molar-refractivity contribution in [2.24, 2.45) is 11.8 Å². The lowest BCUT2D eigenvalue weighted by Gasteiger charge is -2.45. The van der Waals surface area contributed by atoms with Crippen LogP contribution < -0.4 is 15.8 Å². The lowest BCUT2D eigenvalue weighted by atomic mass is 9.80. The number of likely N-dealkylation sites (tertiary alicyclic amines) is 1. The number of carbonyl (C=O) groups is 4. The third kappa shape index (κ3) is 6.31. The molecule has 3 fully saturated rings. The predicted octanol–water partition coefficient (Wildman–Crippen LogP) is 3.85. The van der Waals surface area contributed by atoms with E-state index in [1.807, 2.05) is 6.07 Å². The Balaban J connectivity index is 0.845. The fourth-order valence-electron chi connectivity index (χ4n) is 8.33. The summed E-state index contributed by atoms with van der Waals surface area (Å²) in [6.07, 6.45) is 7.91. The van der Waals surface area contributed by atoms with Gasteiger partial charge in [0.25, 0.3) is 11.8 Å². The van der Waals surface area contributed by atoms with Crippen molar-refractivity contribution in [3.05, 3.63) is 64.7 Å². The molecule has 51 heavy (non-hydrogen) atoms. The van der Waals surface area contributed by atoms with E-state index in [1.165, 1.54) is 0 Å². The van der Waals surface area contributed by atoms with Gasteiger partial charge in [0.05, 0.1) is 22.4 Å². The zero-order valence-corrected chi connectivity index (χ0v) is 28.3. The van der Waals surface area contributed by atoms with Gasteiger partial charge in [-0.05, 0) is 99.6 Å². The van der Waals surface area contributed by atoms with Crippen LogP contribution in [0.15, 0.2) is 42.5 Å². The molecule has 8 rings (SSSR count). The number of nitrogen functional groups attached to an aromatic ring is 1. The van der Waals surface area contributed by atoms with E-state index in [1.54, 1.807) is 36.4 Å². The molecule has 4 amide bonds. The lowest BCUT2D eigenvalue weighted by Crippen LogP contribution is -2.54. The van der Waals surface area contributed by atoms with Crippen LogP contribution in [-0.2, 0) is 16.0 Å². The number of imide groups is 2. The molecule has 0 radical (unpaired) electrons. The van der Waals surface area contributed by atoms with Crippen LogP contribution in [0.5, 0.6) is 11.5 Å². The number of para-hydroxylation sites is 1. The van der Waals surface area contributed by atoms with E-state index in [0.29, 0.717) is 40.0 Å². The molecule has 0 bridgehead atoms. The summed E-state index contributed by atoms with van der Waals surface area (Å²) in [4.78, 5) is 54.3. The van der Waals surface area contributed by atoms with Crippen LogP contribution in [0.1, 0.15) is 89.6 Å². The van der Waals surface area contributed by atoms with E-state index in [4.69, 9.17) is 10.5 Å². The predicted molar refractivity (Wildman–Crippen MR) is 186 cm³/mol. The molecule has 4 N–H and O–H groups in total. The SMILES string of the molecule is Nc1nnc(-c2ccccc2O)cc1C#CC1CCC(CN2CCC3(CCc4cc5c(cc4O3)C(=O)N(C3CCC(=O)NC3=O)C5=O)CC2)CC1. The summed E-state index contributed by atoms with van der Waals surface area (Å²) < 4.78 is 6.67. The standard InChI is InChI=1S/C39H40N6O6/c40-35-26(20-30(42-43-35)27-3-1-2-4-32(27)46)10-9-23-5-7-24(8-6-23)22-44-17-15-39(16-18-44)14-13-25-19-28-29(21-33(25)51-39)38(50)45(37(28)49)31-11-12-34(47)41-36(31)48/h1-4,19-21,23-24,31,46H,5-8,11-18,22H2,(H2,40,43)(H,41,47,48). The minimum Gasteiger partial charge on any atom is -0.507 e. The van der Waals surface area contributed by atoms with Crippen molar-refractivity contribution in [2.45, 2.75) is 75.9 Å².